The van der Waals surface area contributed by atoms with Crippen molar-refractivity contribution in [3.63, 3.8) is 0 Å². The maximum atomic E-state index is 13.2. The number of rotatable bonds is 11. The summed E-state index contributed by atoms with van der Waals surface area (Å²) in [7, 11) is -0.412. The van der Waals surface area contributed by atoms with E-state index in [0.717, 1.165) is 22.9 Å². The van der Waals surface area contributed by atoms with Crippen molar-refractivity contribution in [2.45, 2.75) is 46.2 Å². The van der Waals surface area contributed by atoms with Gasteiger partial charge in [-0.3, -0.25) is 13.9 Å². The van der Waals surface area contributed by atoms with Crippen molar-refractivity contribution in [3.05, 3.63) is 59.2 Å². The van der Waals surface area contributed by atoms with Gasteiger partial charge in [-0.25, -0.2) is 8.42 Å². The predicted molar refractivity (Wildman–Crippen MR) is 134 cm³/mol. The van der Waals surface area contributed by atoms with Gasteiger partial charge in [-0.05, 0) is 68.1 Å². The Morgan fingerprint density at radius 2 is 1.71 bits per heavy atom. The van der Waals surface area contributed by atoms with E-state index >= 15 is 0 Å². The summed E-state index contributed by atoms with van der Waals surface area (Å²) in [4.78, 5) is 27.0. The molecule has 0 radical (unpaired) electrons. The molecule has 0 unspecified atom stereocenters. The molecule has 1 atom stereocenters. The first-order chi connectivity index (χ1) is 16.0. The zero-order chi connectivity index (χ0) is 25.5. The number of carbonyl (C=O) groups is 2. The summed E-state index contributed by atoms with van der Waals surface area (Å²) in [6.45, 7) is 5.99. The second kappa shape index (κ2) is 11.9. The summed E-state index contributed by atoms with van der Waals surface area (Å²) in [5, 5.41) is 2.59. The first-order valence-corrected chi connectivity index (χ1v) is 13.0. The highest BCUT2D eigenvalue weighted by molar-refractivity contribution is 7.92. The number of nitrogens with zero attached hydrogens (tertiary/aromatic N) is 2. The third kappa shape index (κ3) is 7.21. The Morgan fingerprint density at radius 1 is 1.06 bits per heavy atom. The van der Waals surface area contributed by atoms with Crippen LogP contribution in [-0.2, 0) is 26.2 Å². The molecule has 0 spiro atoms. The lowest BCUT2D eigenvalue weighted by Crippen LogP contribution is -2.46. The maximum absolute atomic E-state index is 13.2. The second-order valence-corrected chi connectivity index (χ2v) is 10.3. The minimum absolute atomic E-state index is 0.106. The highest BCUT2D eigenvalue weighted by atomic mass is 32.2. The number of methoxy groups -OCH3 is 1. The van der Waals surface area contributed by atoms with Gasteiger partial charge >= 0.3 is 0 Å². The molecule has 0 bridgehead atoms. The summed E-state index contributed by atoms with van der Waals surface area (Å²) in [5.41, 5.74) is 3.50. The van der Waals surface area contributed by atoms with Crippen LogP contribution in [0.2, 0.25) is 0 Å². The molecule has 186 valence electrons. The van der Waals surface area contributed by atoms with Crippen LogP contribution in [0.25, 0.3) is 0 Å². The Hall–Kier alpha value is -3.07. The van der Waals surface area contributed by atoms with Crippen LogP contribution < -0.4 is 14.4 Å². The van der Waals surface area contributed by atoms with Crippen molar-refractivity contribution in [2.24, 2.45) is 0 Å². The predicted octanol–water partition coefficient (Wildman–Crippen LogP) is 3.02. The van der Waals surface area contributed by atoms with Gasteiger partial charge in [0.15, 0.2) is 0 Å². The molecular weight excluding hydrogens is 454 g/mol. The third-order valence-corrected chi connectivity index (χ3v) is 7.05. The normalized spacial score (nSPS) is 12.1. The molecule has 0 fully saturated rings. The van der Waals surface area contributed by atoms with Gasteiger partial charge in [-0.2, -0.15) is 0 Å². The molecule has 0 heterocycles. The summed E-state index contributed by atoms with van der Waals surface area (Å²) in [5.74, 6) is 0.211. The molecule has 2 aromatic rings. The van der Waals surface area contributed by atoms with E-state index in [9.17, 15) is 18.0 Å². The van der Waals surface area contributed by atoms with Gasteiger partial charge in [0.1, 0.15) is 11.8 Å². The standard InChI is InChI=1S/C25H35N3O5S/c1-18-9-12-22(16-19(18)2)28(34(6,31)32)15-7-8-24(29)27(20(3)25(30)26-4)17-21-10-13-23(33-5)14-11-21/h9-14,16,20H,7-8,15,17H2,1-6H3,(H,26,30)/t20-/m0/s1. The molecule has 0 saturated carbocycles. The SMILES string of the molecule is CNC(=O)[C@H](C)N(Cc1ccc(OC)cc1)C(=O)CCCN(c1ccc(C)c(C)c1)S(C)(=O)=O. The van der Waals surface area contributed by atoms with Gasteiger partial charge in [0.2, 0.25) is 21.8 Å². The molecule has 1 N–H and O–H groups in total. The number of carbonyl (C=O) groups excluding carboxylic acids is 2. The van der Waals surface area contributed by atoms with Crippen molar-refractivity contribution < 1.29 is 22.7 Å². The lowest BCUT2D eigenvalue weighted by molar-refractivity contribution is -0.140. The number of nitrogens with one attached hydrogen (secondary N) is 1. The topological polar surface area (TPSA) is 96.0 Å². The monoisotopic (exact) mass is 489 g/mol. The lowest BCUT2D eigenvalue weighted by Gasteiger charge is -2.29. The molecule has 2 amide bonds. The van der Waals surface area contributed by atoms with Gasteiger partial charge in [0, 0.05) is 26.6 Å². The van der Waals surface area contributed by atoms with Crippen molar-refractivity contribution in [2.75, 3.05) is 31.3 Å². The number of hydrogen-bond donors (Lipinski definition) is 1. The summed E-state index contributed by atoms with van der Waals surface area (Å²) >= 11 is 0. The number of benzene rings is 2. The minimum atomic E-state index is -3.52. The average Bonchev–Trinajstić information content (AvgIpc) is 2.80. The van der Waals surface area contributed by atoms with E-state index in [1.807, 2.05) is 38.1 Å². The summed E-state index contributed by atoms with van der Waals surface area (Å²) < 4.78 is 31.4. The first kappa shape index (κ1) is 27.2. The van der Waals surface area contributed by atoms with Crippen LogP contribution >= 0.6 is 0 Å². The van der Waals surface area contributed by atoms with Crippen molar-refractivity contribution >= 4 is 27.5 Å². The molecule has 2 rings (SSSR count). The van der Waals surface area contributed by atoms with Gasteiger partial charge in [-0.1, -0.05) is 18.2 Å². The van der Waals surface area contributed by atoms with E-state index in [2.05, 4.69) is 5.32 Å². The zero-order valence-corrected chi connectivity index (χ0v) is 21.6. The average molecular weight is 490 g/mol. The van der Waals surface area contributed by atoms with Crippen LogP contribution in [0, 0.1) is 13.8 Å². The molecule has 9 heteroatoms. The molecule has 8 nitrogen and oxygen atoms in total. The van der Waals surface area contributed by atoms with Gasteiger partial charge in [-0.15, -0.1) is 0 Å². The first-order valence-electron chi connectivity index (χ1n) is 11.2. The van der Waals surface area contributed by atoms with Crippen molar-refractivity contribution in [1.29, 1.82) is 0 Å². The summed E-state index contributed by atoms with van der Waals surface area (Å²) in [6, 6.07) is 12.1. The van der Waals surface area contributed by atoms with Gasteiger partial charge in [0.05, 0.1) is 19.1 Å². The van der Waals surface area contributed by atoms with E-state index < -0.39 is 16.1 Å². The number of ether oxygens (including phenoxy) is 1. The van der Waals surface area contributed by atoms with Gasteiger partial charge < -0.3 is 15.0 Å². The number of sulfonamides is 1. The second-order valence-electron chi connectivity index (χ2n) is 8.37. The van der Waals surface area contributed by atoms with E-state index in [1.54, 1.807) is 32.2 Å². The van der Waals surface area contributed by atoms with Crippen LogP contribution in [-0.4, -0.2) is 58.1 Å². The highest BCUT2D eigenvalue weighted by Gasteiger charge is 2.26. The van der Waals surface area contributed by atoms with E-state index in [0.29, 0.717) is 17.9 Å². The smallest absolute Gasteiger partial charge is 0.242 e. The number of hydrogen-bond acceptors (Lipinski definition) is 5. The molecule has 0 aliphatic carbocycles. The number of aryl methyl sites for hydroxylation is 2. The molecule has 0 saturated heterocycles. The van der Waals surface area contributed by atoms with Crippen LogP contribution in [0.5, 0.6) is 5.75 Å². The lowest BCUT2D eigenvalue weighted by atomic mass is 10.1. The Morgan fingerprint density at radius 3 is 2.24 bits per heavy atom. The Kier molecular flexibility index (Phi) is 9.49. The molecular formula is C25H35N3O5S. The van der Waals surface area contributed by atoms with Crippen LogP contribution in [0.1, 0.15) is 36.5 Å². The quantitative estimate of drug-likeness (QED) is 0.523. The number of amides is 2. The Bertz CT molecular complexity index is 1100. The largest absolute Gasteiger partial charge is 0.497 e. The maximum Gasteiger partial charge on any atom is 0.242 e. The molecule has 2 aromatic carbocycles. The van der Waals surface area contributed by atoms with Crippen LogP contribution in [0.15, 0.2) is 42.5 Å². The third-order valence-electron chi connectivity index (χ3n) is 5.86. The van der Waals surface area contributed by atoms with Crippen LogP contribution in [0.4, 0.5) is 5.69 Å². The zero-order valence-electron chi connectivity index (χ0n) is 20.8. The fourth-order valence-electron chi connectivity index (χ4n) is 3.60. The number of likely N-dealkylation sites (N-methyl/N-ethyl adjacent to an activating group) is 1. The molecule has 0 aliphatic rings. The summed E-state index contributed by atoms with van der Waals surface area (Å²) in [6.07, 6.45) is 1.58. The molecule has 0 aliphatic heterocycles. The number of anilines is 1. The fourth-order valence-corrected chi connectivity index (χ4v) is 4.56. The van der Waals surface area contributed by atoms with E-state index in [4.69, 9.17) is 4.74 Å². The van der Waals surface area contributed by atoms with Crippen molar-refractivity contribution in [1.82, 2.24) is 10.2 Å². The molecule has 0 aromatic heterocycles. The van der Waals surface area contributed by atoms with Crippen molar-refractivity contribution in [3.8, 4) is 5.75 Å². The Labute approximate surface area is 202 Å². The fraction of sp³-hybridized carbons (Fsp3) is 0.440. The Balaban J connectivity index is 2.15. The van der Waals surface area contributed by atoms with Crippen LogP contribution in [0.3, 0.4) is 0 Å². The van der Waals surface area contributed by atoms with E-state index in [-0.39, 0.29) is 31.3 Å². The minimum Gasteiger partial charge on any atom is -0.497 e. The molecule has 34 heavy (non-hydrogen) atoms. The highest BCUT2D eigenvalue weighted by Crippen LogP contribution is 2.22. The van der Waals surface area contributed by atoms with E-state index in [1.165, 1.54) is 16.3 Å². The van der Waals surface area contributed by atoms with Gasteiger partial charge in [0.25, 0.3) is 0 Å².